The normalized spacial score (nSPS) is 34.8. The Labute approximate surface area is 56.4 Å². The van der Waals surface area contributed by atoms with Crippen molar-refractivity contribution in [3.05, 3.63) is 12.7 Å². The van der Waals surface area contributed by atoms with Crippen molar-refractivity contribution in [1.29, 1.82) is 0 Å². The molecule has 1 nitrogen and oxygen atoms in total. The van der Waals surface area contributed by atoms with E-state index in [-0.39, 0.29) is 6.10 Å². The zero-order chi connectivity index (χ0) is 6.69. The lowest BCUT2D eigenvalue weighted by atomic mass is 10.0. The monoisotopic (exact) mass is 126 g/mol. The second-order valence-corrected chi connectivity index (χ2v) is 2.86. The van der Waals surface area contributed by atoms with Crippen LogP contribution in [0.2, 0.25) is 0 Å². The van der Waals surface area contributed by atoms with E-state index < -0.39 is 0 Å². The van der Waals surface area contributed by atoms with Crippen LogP contribution >= 0.6 is 0 Å². The predicted molar refractivity (Wildman–Crippen MR) is 38.2 cm³/mol. The van der Waals surface area contributed by atoms with Gasteiger partial charge >= 0.3 is 0 Å². The Morgan fingerprint density at radius 3 is 2.78 bits per heavy atom. The first kappa shape index (κ1) is 6.81. The maximum atomic E-state index is 9.09. The highest BCUT2D eigenvalue weighted by molar-refractivity contribution is 4.80. The summed E-state index contributed by atoms with van der Waals surface area (Å²) in [5, 5.41) is 9.09. The van der Waals surface area contributed by atoms with Gasteiger partial charge in [-0.05, 0) is 31.6 Å². The van der Waals surface area contributed by atoms with Crippen LogP contribution in [0.3, 0.4) is 0 Å². The highest BCUT2D eigenvalue weighted by Gasteiger charge is 2.20. The van der Waals surface area contributed by atoms with Gasteiger partial charge in [0.05, 0.1) is 6.10 Å². The van der Waals surface area contributed by atoms with Crippen LogP contribution in [0, 0.1) is 5.92 Å². The second-order valence-electron chi connectivity index (χ2n) is 2.86. The Kier molecular flexibility index (Phi) is 2.29. The van der Waals surface area contributed by atoms with Crippen LogP contribution < -0.4 is 0 Å². The van der Waals surface area contributed by atoms with Gasteiger partial charge in [-0.15, -0.1) is 6.58 Å². The zero-order valence-corrected chi connectivity index (χ0v) is 5.71. The van der Waals surface area contributed by atoms with Crippen LogP contribution in [0.25, 0.3) is 0 Å². The molecule has 0 aromatic carbocycles. The summed E-state index contributed by atoms with van der Waals surface area (Å²) in [6.45, 7) is 3.67. The van der Waals surface area contributed by atoms with E-state index in [9.17, 15) is 0 Å². The third kappa shape index (κ3) is 1.83. The molecule has 52 valence electrons. The lowest BCUT2D eigenvalue weighted by Gasteiger charge is -2.02. The van der Waals surface area contributed by atoms with Gasteiger partial charge < -0.3 is 5.11 Å². The fraction of sp³-hybridized carbons (Fsp3) is 0.750. The van der Waals surface area contributed by atoms with E-state index in [0.717, 1.165) is 25.2 Å². The molecular formula is C8H14O. The van der Waals surface area contributed by atoms with Gasteiger partial charge in [-0.3, -0.25) is 0 Å². The lowest BCUT2D eigenvalue weighted by molar-refractivity contribution is 0.178. The quantitative estimate of drug-likeness (QED) is 0.558. The molecule has 1 aliphatic carbocycles. The minimum atomic E-state index is -0.0186. The van der Waals surface area contributed by atoms with E-state index in [4.69, 9.17) is 5.11 Å². The number of aliphatic hydroxyl groups is 1. The van der Waals surface area contributed by atoms with Crippen molar-refractivity contribution in [3.8, 4) is 0 Å². The Morgan fingerprint density at radius 1 is 1.56 bits per heavy atom. The summed E-state index contributed by atoms with van der Waals surface area (Å²) in [6, 6.07) is 0. The molecule has 0 heterocycles. The summed E-state index contributed by atoms with van der Waals surface area (Å²) in [4.78, 5) is 0. The minimum Gasteiger partial charge on any atom is -0.393 e. The highest BCUT2D eigenvalue weighted by atomic mass is 16.3. The zero-order valence-electron chi connectivity index (χ0n) is 5.71. The van der Waals surface area contributed by atoms with E-state index in [1.807, 2.05) is 6.08 Å². The highest BCUT2D eigenvalue weighted by Crippen LogP contribution is 2.27. The smallest absolute Gasteiger partial charge is 0.0543 e. The summed E-state index contributed by atoms with van der Waals surface area (Å²) in [7, 11) is 0. The fourth-order valence-corrected chi connectivity index (χ4v) is 1.50. The maximum Gasteiger partial charge on any atom is 0.0543 e. The van der Waals surface area contributed by atoms with Gasteiger partial charge in [0, 0.05) is 0 Å². The molecule has 1 saturated carbocycles. The Hall–Kier alpha value is -0.300. The van der Waals surface area contributed by atoms with Crippen molar-refractivity contribution in [1.82, 2.24) is 0 Å². The summed E-state index contributed by atoms with van der Waals surface area (Å²) >= 11 is 0. The Balaban J connectivity index is 2.21. The van der Waals surface area contributed by atoms with Crippen LogP contribution in [0.5, 0.6) is 0 Å². The Morgan fingerprint density at radius 2 is 2.33 bits per heavy atom. The SMILES string of the molecule is C=CCC1CCC(O)C1. The molecule has 1 aliphatic rings. The Bertz CT molecular complexity index is 98.7. The van der Waals surface area contributed by atoms with Crippen LogP contribution in [0.1, 0.15) is 25.7 Å². The summed E-state index contributed by atoms with van der Waals surface area (Å²) < 4.78 is 0. The number of hydrogen-bond donors (Lipinski definition) is 1. The molecule has 1 fully saturated rings. The minimum absolute atomic E-state index is 0.0186. The van der Waals surface area contributed by atoms with Crippen LogP contribution in [-0.4, -0.2) is 11.2 Å². The van der Waals surface area contributed by atoms with Crippen molar-refractivity contribution < 1.29 is 5.11 Å². The van der Waals surface area contributed by atoms with E-state index >= 15 is 0 Å². The molecule has 0 aliphatic heterocycles. The third-order valence-electron chi connectivity index (χ3n) is 2.01. The molecule has 1 rings (SSSR count). The number of allylic oxidation sites excluding steroid dienone is 1. The predicted octanol–water partition coefficient (Wildman–Crippen LogP) is 1.72. The second kappa shape index (κ2) is 3.02. The molecule has 2 atom stereocenters. The molecule has 9 heavy (non-hydrogen) atoms. The van der Waals surface area contributed by atoms with Crippen LogP contribution in [-0.2, 0) is 0 Å². The first-order valence-corrected chi connectivity index (χ1v) is 3.62. The van der Waals surface area contributed by atoms with Gasteiger partial charge in [0.2, 0.25) is 0 Å². The first-order chi connectivity index (χ1) is 4.33. The van der Waals surface area contributed by atoms with Gasteiger partial charge in [-0.2, -0.15) is 0 Å². The molecule has 0 aromatic rings. The van der Waals surface area contributed by atoms with Gasteiger partial charge in [0.15, 0.2) is 0 Å². The van der Waals surface area contributed by atoms with E-state index in [1.54, 1.807) is 0 Å². The molecule has 0 aromatic heterocycles. The summed E-state index contributed by atoms with van der Waals surface area (Å²) in [5.74, 6) is 0.720. The van der Waals surface area contributed by atoms with Crippen molar-refractivity contribution in [2.45, 2.75) is 31.8 Å². The van der Waals surface area contributed by atoms with Gasteiger partial charge in [0.25, 0.3) is 0 Å². The number of aliphatic hydroxyl groups excluding tert-OH is 1. The average molecular weight is 126 g/mol. The molecule has 0 saturated heterocycles. The van der Waals surface area contributed by atoms with E-state index in [2.05, 4.69) is 6.58 Å². The maximum absolute atomic E-state index is 9.09. The van der Waals surface area contributed by atoms with Crippen LogP contribution in [0.4, 0.5) is 0 Å². The number of rotatable bonds is 2. The molecule has 1 N–H and O–H groups in total. The van der Waals surface area contributed by atoms with Crippen molar-refractivity contribution in [2.75, 3.05) is 0 Å². The first-order valence-electron chi connectivity index (χ1n) is 3.62. The van der Waals surface area contributed by atoms with E-state index in [0.29, 0.717) is 0 Å². The van der Waals surface area contributed by atoms with Gasteiger partial charge in [-0.25, -0.2) is 0 Å². The van der Waals surface area contributed by atoms with Crippen LogP contribution in [0.15, 0.2) is 12.7 Å². The largest absolute Gasteiger partial charge is 0.393 e. The third-order valence-corrected chi connectivity index (χ3v) is 2.01. The number of hydrogen-bond acceptors (Lipinski definition) is 1. The average Bonchev–Trinajstić information content (AvgIpc) is 2.17. The standard InChI is InChI=1S/C8H14O/c1-2-3-7-4-5-8(9)6-7/h2,7-9H,1,3-6H2. The summed E-state index contributed by atoms with van der Waals surface area (Å²) in [6.07, 6.45) is 6.19. The van der Waals surface area contributed by atoms with Crippen molar-refractivity contribution >= 4 is 0 Å². The molecule has 0 spiro atoms. The lowest BCUT2D eigenvalue weighted by Crippen LogP contribution is -1.98. The molecule has 1 heteroatoms. The topological polar surface area (TPSA) is 20.2 Å². The van der Waals surface area contributed by atoms with Gasteiger partial charge in [-0.1, -0.05) is 6.08 Å². The van der Waals surface area contributed by atoms with Crippen molar-refractivity contribution in [3.63, 3.8) is 0 Å². The summed E-state index contributed by atoms with van der Waals surface area (Å²) in [5.41, 5.74) is 0. The molecular weight excluding hydrogens is 112 g/mol. The molecule has 0 radical (unpaired) electrons. The molecule has 0 bridgehead atoms. The van der Waals surface area contributed by atoms with Gasteiger partial charge in [0.1, 0.15) is 0 Å². The van der Waals surface area contributed by atoms with Crippen molar-refractivity contribution in [2.24, 2.45) is 5.92 Å². The molecule has 2 unspecified atom stereocenters. The fourth-order valence-electron chi connectivity index (χ4n) is 1.50. The molecule has 0 amide bonds. The van der Waals surface area contributed by atoms with E-state index in [1.165, 1.54) is 6.42 Å².